The van der Waals surface area contributed by atoms with Crippen LogP contribution in [0.1, 0.15) is 26.2 Å². The Morgan fingerprint density at radius 3 is 2.44 bits per heavy atom. The highest BCUT2D eigenvalue weighted by molar-refractivity contribution is 14.0. The van der Waals surface area contributed by atoms with Crippen LogP contribution in [-0.2, 0) is 0 Å². The van der Waals surface area contributed by atoms with Crippen LogP contribution in [0.4, 0.5) is 0 Å². The molecule has 1 aliphatic heterocycles. The Labute approximate surface area is 129 Å². The van der Waals surface area contributed by atoms with Crippen LogP contribution in [-0.4, -0.2) is 63.1 Å². The van der Waals surface area contributed by atoms with E-state index in [0.717, 1.165) is 18.4 Å². The fourth-order valence-corrected chi connectivity index (χ4v) is 2.23. The van der Waals surface area contributed by atoms with E-state index in [0.29, 0.717) is 0 Å². The van der Waals surface area contributed by atoms with Crippen LogP contribution in [0.5, 0.6) is 0 Å². The molecule has 0 aromatic carbocycles. The predicted molar refractivity (Wildman–Crippen MR) is 89.9 cm³/mol. The fourth-order valence-electron chi connectivity index (χ4n) is 2.23. The topological polar surface area (TPSA) is 30.9 Å². The second kappa shape index (κ2) is 9.83. The minimum Gasteiger partial charge on any atom is -0.356 e. The molecule has 1 aliphatic rings. The van der Waals surface area contributed by atoms with E-state index in [4.69, 9.17) is 0 Å². The first-order valence-corrected chi connectivity index (χ1v) is 6.73. The normalized spacial score (nSPS) is 18.3. The molecular weight excluding hydrogens is 339 g/mol. The molecule has 1 saturated heterocycles. The number of piperidine rings is 1. The number of likely N-dealkylation sites (tertiary alicyclic amines) is 1. The second-order valence-electron chi connectivity index (χ2n) is 5.25. The third kappa shape index (κ3) is 6.78. The van der Waals surface area contributed by atoms with Crippen molar-refractivity contribution in [2.24, 2.45) is 10.9 Å². The molecular formula is C13H29IN4. The SMILES string of the molecule is CN=C(NCCCN1CCC(C)CC1)N(C)C.I. The van der Waals surface area contributed by atoms with Gasteiger partial charge in [0, 0.05) is 27.7 Å². The first-order chi connectivity index (χ1) is 8.13. The molecule has 0 aromatic heterocycles. The minimum absolute atomic E-state index is 0. The standard InChI is InChI=1S/C13H28N4.HI/c1-12-6-10-17(11-7-12)9-5-8-15-13(14-2)16(3)4;/h12H,5-11H2,1-4H3,(H,14,15);1H. The van der Waals surface area contributed by atoms with E-state index in [9.17, 15) is 0 Å². The highest BCUT2D eigenvalue weighted by atomic mass is 127. The van der Waals surface area contributed by atoms with Gasteiger partial charge in [-0.1, -0.05) is 6.92 Å². The van der Waals surface area contributed by atoms with Crippen molar-refractivity contribution < 1.29 is 0 Å². The number of hydrogen-bond acceptors (Lipinski definition) is 2. The summed E-state index contributed by atoms with van der Waals surface area (Å²) < 4.78 is 0. The summed E-state index contributed by atoms with van der Waals surface area (Å²) in [6, 6.07) is 0. The van der Waals surface area contributed by atoms with Crippen molar-refractivity contribution in [1.82, 2.24) is 15.1 Å². The summed E-state index contributed by atoms with van der Waals surface area (Å²) in [4.78, 5) is 8.80. The Balaban J connectivity index is 0.00000289. The number of guanidine groups is 1. The van der Waals surface area contributed by atoms with Gasteiger partial charge in [0.05, 0.1) is 0 Å². The predicted octanol–water partition coefficient (Wildman–Crippen LogP) is 1.86. The van der Waals surface area contributed by atoms with E-state index < -0.39 is 0 Å². The van der Waals surface area contributed by atoms with Gasteiger partial charge in [0.1, 0.15) is 0 Å². The van der Waals surface area contributed by atoms with Gasteiger partial charge in [0.25, 0.3) is 0 Å². The van der Waals surface area contributed by atoms with Gasteiger partial charge in [-0.25, -0.2) is 0 Å². The maximum absolute atomic E-state index is 4.20. The molecule has 0 radical (unpaired) electrons. The molecule has 1 fully saturated rings. The van der Waals surface area contributed by atoms with Gasteiger partial charge in [-0.3, -0.25) is 4.99 Å². The number of nitrogens with one attached hydrogen (secondary N) is 1. The van der Waals surface area contributed by atoms with Crippen molar-refractivity contribution in [3.05, 3.63) is 0 Å². The fraction of sp³-hybridized carbons (Fsp3) is 0.923. The summed E-state index contributed by atoms with van der Waals surface area (Å²) in [5, 5.41) is 3.37. The highest BCUT2D eigenvalue weighted by Crippen LogP contribution is 2.15. The van der Waals surface area contributed by atoms with E-state index in [1.54, 1.807) is 0 Å². The summed E-state index contributed by atoms with van der Waals surface area (Å²) in [6.45, 7) is 7.15. The van der Waals surface area contributed by atoms with Crippen molar-refractivity contribution in [2.75, 3.05) is 47.3 Å². The average molecular weight is 368 g/mol. The van der Waals surface area contributed by atoms with Gasteiger partial charge in [-0.15, -0.1) is 24.0 Å². The highest BCUT2D eigenvalue weighted by Gasteiger charge is 2.14. The molecule has 1 heterocycles. The first kappa shape index (κ1) is 18.0. The van der Waals surface area contributed by atoms with Crippen LogP contribution in [0.25, 0.3) is 0 Å². The van der Waals surface area contributed by atoms with E-state index in [-0.39, 0.29) is 24.0 Å². The third-order valence-electron chi connectivity index (χ3n) is 3.45. The summed E-state index contributed by atoms with van der Waals surface area (Å²) in [7, 11) is 5.86. The van der Waals surface area contributed by atoms with Crippen LogP contribution >= 0.6 is 24.0 Å². The maximum atomic E-state index is 4.20. The average Bonchev–Trinajstić information content (AvgIpc) is 2.31. The summed E-state index contributed by atoms with van der Waals surface area (Å²) in [5.74, 6) is 1.90. The molecule has 4 nitrogen and oxygen atoms in total. The van der Waals surface area contributed by atoms with Gasteiger partial charge < -0.3 is 15.1 Å². The molecule has 18 heavy (non-hydrogen) atoms. The monoisotopic (exact) mass is 368 g/mol. The quantitative estimate of drug-likeness (QED) is 0.356. The molecule has 0 spiro atoms. The zero-order valence-electron chi connectivity index (χ0n) is 12.3. The molecule has 0 saturated carbocycles. The second-order valence-corrected chi connectivity index (χ2v) is 5.25. The molecule has 108 valence electrons. The van der Waals surface area contributed by atoms with Crippen molar-refractivity contribution in [2.45, 2.75) is 26.2 Å². The van der Waals surface area contributed by atoms with E-state index in [1.165, 1.54) is 38.9 Å². The van der Waals surface area contributed by atoms with Gasteiger partial charge >= 0.3 is 0 Å². The van der Waals surface area contributed by atoms with Crippen LogP contribution in [0, 0.1) is 5.92 Å². The van der Waals surface area contributed by atoms with Crippen LogP contribution in [0.15, 0.2) is 4.99 Å². The number of aliphatic imine (C=N–C) groups is 1. The maximum Gasteiger partial charge on any atom is 0.193 e. The molecule has 5 heteroatoms. The van der Waals surface area contributed by atoms with E-state index in [2.05, 4.69) is 22.1 Å². The first-order valence-electron chi connectivity index (χ1n) is 6.73. The Kier molecular flexibility index (Phi) is 9.81. The van der Waals surface area contributed by atoms with Crippen molar-refractivity contribution >= 4 is 29.9 Å². The molecule has 0 bridgehead atoms. The molecule has 1 N–H and O–H groups in total. The van der Waals surface area contributed by atoms with Crippen molar-refractivity contribution in [3.8, 4) is 0 Å². The number of nitrogens with zero attached hydrogens (tertiary/aromatic N) is 3. The lowest BCUT2D eigenvalue weighted by Crippen LogP contribution is -2.39. The lowest BCUT2D eigenvalue weighted by molar-refractivity contribution is 0.191. The minimum atomic E-state index is 0. The Bertz CT molecular complexity index is 235. The molecule has 0 aromatic rings. The van der Waals surface area contributed by atoms with Crippen LogP contribution < -0.4 is 5.32 Å². The lowest BCUT2D eigenvalue weighted by atomic mass is 9.99. The Morgan fingerprint density at radius 2 is 1.94 bits per heavy atom. The zero-order chi connectivity index (χ0) is 12.7. The molecule has 0 aliphatic carbocycles. The van der Waals surface area contributed by atoms with E-state index >= 15 is 0 Å². The van der Waals surface area contributed by atoms with Gasteiger partial charge in [0.2, 0.25) is 0 Å². The number of rotatable bonds is 4. The third-order valence-corrected chi connectivity index (χ3v) is 3.45. The molecule has 1 rings (SSSR count). The van der Waals surface area contributed by atoms with Crippen LogP contribution in [0.2, 0.25) is 0 Å². The summed E-state index contributed by atoms with van der Waals surface area (Å²) in [6.07, 6.45) is 3.93. The van der Waals surface area contributed by atoms with Crippen LogP contribution in [0.3, 0.4) is 0 Å². The molecule has 0 atom stereocenters. The van der Waals surface area contributed by atoms with Crippen molar-refractivity contribution in [1.29, 1.82) is 0 Å². The number of hydrogen-bond donors (Lipinski definition) is 1. The van der Waals surface area contributed by atoms with Gasteiger partial charge in [0.15, 0.2) is 5.96 Å². The molecule has 0 unspecified atom stereocenters. The Hall–Kier alpha value is -0.0400. The van der Waals surface area contributed by atoms with Gasteiger partial charge in [-0.2, -0.15) is 0 Å². The number of halogens is 1. The molecule has 0 amide bonds. The van der Waals surface area contributed by atoms with E-state index in [1.807, 2.05) is 26.0 Å². The summed E-state index contributed by atoms with van der Waals surface area (Å²) in [5.41, 5.74) is 0. The van der Waals surface area contributed by atoms with Crippen molar-refractivity contribution in [3.63, 3.8) is 0 Å². The zero-order valence-corrected chi connectivity index (χ0v) is 14.6. The van der Waals surface area contributed by atoms with Gasteiger partial charge in [-0.05, 0) is 44.8 Å². The smallest absolute Gasteiger partial charge is 0.193 e. The lowest BCUT2D eigenvalue weighted by Gasteiger charge is -2.30. The Morgan fingerprint density at radius 1 is 1.33 bits per heavy atom. The summed E-state index contributed by atoms with van der Waals surface area (Å²) >= 11 is 0. The largest absolute Gasteiger partial charge is 0.356 e.